The summed E-state index contributed by atoms with van der Waals surface area (Å²) in [5.41, 5.74) is 1.91. The summed E-state index contributed by atoms with van der Waals surface area (Å²) in [6.45, 7) is 7.01. The van der Waals surface area contributed by atoms with Crippen molar-refractivity contribution < 1.29 is 18.0 Å². The van der Waals surface area contributed by atoms with Gasteiger partial charge in [-0.3, -0.25) is 13.9 Å². The van der Waals surface area contributed by atoms with Crippen molar-refractivity contribution in [1.29, 1.82) is 0 Å². The summed E-state index contributed by atoms with van der Waals surface area (Å²) in [4.78, 5) is 28.6. The predicted octanol–water partition coefficient (Wildman–Crippen LogP) is 5.18. The number of aryl methyl sites for hydroxylation is 1. The number of benzene rings is 3. The molecule has 9 heteroatoms. The maximum absolute atomic E-state index is 14.0. The highest BCUT2D eigenvalue weighted by Gasteiger charge is 2.34. The summed E-state index contributed by atoms with van der Waals surface area (Å²) in [6.07, 6.45) is 0.366. The fraction of sp³-hybridized carbons (Fsp3) is 0.310. The van der Waals surface area contributed by atoms with Crippen molar-refractivity contribution in [2.24, 2.45) is 0 Å². The highest BCUT2D eigenvalue weighted by molar-refractivity contribution is 7.92. The minimum absolute atomic E-state index is 0.0113. The monoisotopic (exact) mass is 555 g/mol. The zero-order valence-corrected chi connectivity index (χ0v) is 23.7. The second-order valence-corrected chi connectivity index (χ2v) is 11.6. The molecule has 1 atom stereocenters. The average Bonchev–Trinajstić information content (AvgIpc) is 2.88. The summed E-state index contributed by atoms with van der Waals surface area (Å²) < 4.78 is 28.8. The molecule has 0 bridgehead atoms. The van der Waals surface area contributed by atoms with Crippen molar-refractivity contribution in [3.8, 4) is 0 Å². The largest absolute Gasteiger partial charge is 0.352 e. The van der Waals surface area contributed by atoms with Crippen molar-refractivity contribution in [1.82, 2.24) is 10.2 Å². The van der Waals surface area contributed by atoms with Gasteiger partial charge in [-0.2, -0.15) is 0 Å². The number of rotatable bonds is 11. The number of sulfonamides is 1. The predicted molar refractivity (Wildman–Crippen MR) is 152 cm³/mol. The van der Waals surface area contributed by atoms with Crippen LogP contribution in [0.5, 0.6) is 0 Å². The zero-order chi connectivity index (χ0) is 27.9. The molecule has 1 unspecified atom stereocenters. The Morgan fingerprint density at radius 2 is 1.53 bits per heavy atom. The van der Waals surface area contributed by atoms with E-state index in [-0.39, 0.29) is 23.4 Å². The van der Waals surface area contributed by atoms with Gasteiger partial charge in [0, 0.05) is 17.6 Å². The van der Waals surface area contributed by atoms with Crippen LogP contribution in [0.2, 0.25) is 5.02 Å². The van der Waals surface area contributed by atoms with Crippen molar-refractivity contribution in [2.75, 3.05) is 10.8 Å². The first-order chi connectivity index (χ1) is 18.0. The van der Waals surface area contributed by atoms with Crippen LogP contribution in [-0.4, -0.2) is 43.8 Å². The molecule has 0 saturated carbocycles. The molecule has 3 aromatic carbocycles. The summed E-state index contributed by atoms with van der Waals surface area (Å²) in [5, 5.41) is 3.29. The molecule has 202 valence electrons. The van der Waals surface area contributed by atoms with Crippen LogP contribution < -0.4 is 9.62 Å². The molecule has 0 aliphatic carbocycles. The third kappa shape index (κ3) is 7.14. The van der Waals surface area contributed by atoms with Gasteiger partial charge in [0.05, 0.1) is 10.6 Å². The maximum atomic E-state index is 14.0. The van der Waals surface area contributed by atoms with Crippen LogP contribution in [0.3, 0.4) is 0 Å². The number of carbonyl (C=O) groups excluding carboxylic acids is 2. The molecule has 3 rings (SSSR count). The van der Waals surface area contributed by atoms with Crippen molar-refractivity contribution in [3.63, 3.8) is 0 Å². The van der Waals surface area contributed by atoms with Crippen LogP contribution in [-0.2, 0) is 26.2 Å². The number of nitrogens with zero attached hydrogens (tertiary/aromatic N) is 2. The quantitative estimate of drug-likeness (QED) is 0.353. The molecule has 1 N–H and O–H groups in total. The average molecular weight is 556 g/mol. The van der Waals surface area contributed by atoms with E-state index in [9.17, 15) is 18.0 Å². The highest BCUT2D eigenvalue weighted by Crippen LogP contribution is 2.28. The third-order valence-electron chi connectivity index (χ3n) is 6.08. The van der Waals surface area contributed by atoms with E-state index in [2.05, 4.69) is 5.32 Å². The Bertz CT molecular complexity index is 1350. The molecular weight excluding hydrogens is 522 g/mol. The Labute approximate surface area is 230 Å². The number of para-hydroxylation sites is 1. The molecule has 7 nitrogen and oxygen atoms in total. The van der Waals surface area contributed by atoms with Gasteiger partial charge in [0.1, 0.15) is 12.6 Å². The fourth-order valence-corrected chi connectivity index (χ4v) is 5.78. The van der Waals surface area contributed by atoms with E-state index in [1.54, 1.807) is 31.2 Å². The van der Waals surface area contributed by atoms with Gasteiger partial charge in [-0.1, -0.05) is 67.1 Å². The standard InChI is InChI=1S/C29H34ClN3O4S/c1-5-26(29(35)31-21(2)3)32(19-23-12-7-6-8-13-23)28(34)20-33(27-14-10-9-11-22(27)4)38(36,37)25-17-15-24(30)16-18-25/h6-18,21,26H,5,19-20H2,1-4H3,(H,31,35). The van der Waals surface area contributed by atoms with E-state index < -0.39 is 28.5 Å². The van der Waals surface area contributed by atoms with Gasteiger partial charge in [-0.05, 0) is 68.7 Å². The number of hydrogen-bond acceptors (Lipinski definition) is 4. The Balaban J connectivity index is 2.06. The zero-order valence-electron chi connectivity index (χ0n) is 22.1. The van der Waals surface area contributed by atoms with Crippen LogP contribution in [0.1, 0.15) is 38.3 Å². The molecule has 0 saturated heterocycles. The number of anilines is 1. The SMILES string of the molecule is CCC(C(=O)NC(C)C)N(Cc1ccccc1)C(=O)CN(c1ccccc1C)S(=O)(=O)c1ccc(Cl)cc1. The van der Waals surface area contributed by atoms with E-state index in [1.807, 2.05) is 51.1 Å². The molecular formula is C29H34ClN3O4S. The maximum Gasteiger partial charge on any atom is 0.264 e. The molecule has 2 amide bonds. The Hall–Kier alpha value is -3.36. The Morgan fingerprint density at radius 1 is 0.921 bits per heavy atom. The molecule has 0 spiro atoms. The number of nitrogens with one attached hydrogen (secondary N) is 1. The van der Waals surface area contributed by atoms with Gasteiger partial charge in [0.2, 0.25) is 11.8 Å². The van der Waals surface area contributed by atoms with Gasteiger partial charge in [-0.25, -0.2) is 8.42 Å². The number of carbonyl (C=O) groups is 2. The first-order valence-electron chi connectivity index (χ1n) is 12.5. The topological polar surface area (TPSA) is 86.8 Å². The van der Waals surface area contributed by atoms with Crippen LogP contribution in [0.4, 0.5) is 5.69 Å². The number of hydrogen-bond donors (Lipinski definition) is 1. The van der Waals surface area contributed by atoms with E-state index in [0.717, 1.165) is 9.87 Å². The lowest BCUT2D eigenvalue weighted by Crippen LogP contribution is -2.53. The molecule has 0 fully saturated rings. The van der Waals surface area contributed by atoms with Gasteiger partial charge >= 0.3 is 0 Å². The lowest BCUT2D eigenvalue weighted by molar-refractivity contribution is -0.140. The molecule has 0 aromatic heterocycles. The van der Waals surface area contributed by atoms with E-state index in [4.69, 9.17) is 11.6 Å². The van der Waals surface area contributed by atoms with Crippen molar-refractivity contribution >= 4 is 39.1 Å². The highest BCUT2D eigenvalue weighted by atomic mass is 35.5. The lowest BCUT2D eigenvalue weighted by Gasteiger charge is -2.34. The van der Waals surface area contributed by atoms with Crippen LogP contribution >= 0.6 is 11.6 Å². The number of halogens is 1. The second-order valence-electron chi connectivity index (χ2n) is 9.35. The van der Waals surface area contributed by atoms with Gasteiger partial charge in [-0.15, -0.1) is 0 Å². The summed E-state index contributed by atoms with van der Waals surface area (Å²) >= 11 is 6.00. The summed E-state index contributed by atoms with van der Waals surface area (Å²) in [5.74, 6) is -0.768. The normalized spacial score (nSPS) is 12.2. The lowest BCUT2D eigenvalue weighted by atomic mass is 10.1. The van der Waals surface area contributed by atoms with E-state index in [0.29, 0.717) is 22.7 Å². The molecule has 0 radical (unpaired) electrons. The minimum Gasteiger partial charge on any atom is -0.352 e. The van der Waals surface area contributed by atoms with Crippen LogP contribution in [0.15, 0.2) is 83.8 Å². The molecule has 0 aliphatic rings. The van der Waals surface area contributed by atoms with Gasteiger partial charge in [0.25, 0.3) is 10.0 Å². The number of amides is 2. The van der Waals surface area contributed by atoms with Crippen LogP contribution in [0.25, 0.3) is 0 Å². The first-order valence-corrected chi connectivity index (χ1v) is 14.3. The molecule has 0 heterocycles. The second kappa shape index (κ2) is 12.9. The smallest absolute Gasteiger partial charge is 0.264 e. The van der Waals surface area contributed by atoms with Gasteiger partial charge < -0.3 is 10.2 Å². The molecule has 38 heavy (non-hydrogen) atoms. The third-order valence-corrected chi connectivity index (χ3v) is 8.10. The molecule has 0 aliphatic heterocycles. The summed E-state index contributed by atoms with van der Waals surface area (Å²) in [6, 6.07) is 21.3. The van der Waals surface area contributed by atoms with E-state index in [1.165, 1.54) is 29.2 Å². The minimum atomic E-state index is -4.14. The first kappa shape index (κ1) is 29.2. The van der Waals surface area contributed by atoms with E-state index >= 15 is 0 Å². The van der Waals surface area contributed by atoms with Gasteiger partial charge in [0.15, 0.2) is 0 Å². The van der Waals surface area contributed by atoms with Crippen molar-refractivity contribution in [3.05, 3.63) is 95.0 Å². The Kier molecular flexibility index (Phi) is 9.94. The Morgan fingerprint density at radius 3 is 2.11 bits per heavy atom. The van der Waals surface area contributed by atoms with Crippen LogP contribution in [0, 0.1) is 6.92 Å². The van der Waals surface area contributed by atoms with Crippen molar-refractivity contribution in [2.45, 2.75) is 57.6 Å². The summed E-state index contributed by atoms with van der Waals surface area (Å²) in [7, 11) is -4.14. The molecule has 3 aromatic rings. The fourth-order valence-electron chi connectivity index (χ4n) is 4.17.